The highest BCUT2D eigenvalue weighted by atomic mass is 16.3. The third kappa shape index (κ3) is 0.923. The molecule has 0 saturated carbocycles. The normalized spacial score (nSPS) is 14.0. The number of para-hydroxylation sites is 1. The van der Waals surface area contributed by atoms with Crippen LogP contribution < -0.4 is 5.43 Å². The molecule has 2 heteroatoms. The summed E-state index contributed by atoms with van der Waals surface area (Å²) in [6.45, 7) is 0. The Balaban J connectivity index is 3.07. The molecular formula is C9H6O2. The van der Waals surface area contributed by atoms with Crippen molar-refractivity contribution in [1.29, 1.82) is 0 Å². The second-order valence-electron chi connectivity index (χ2n) is 2.07. The topological polar surface area (TPSA) is 30.2 Å². The predicted octanol–water partition coefficient (Wildman–Crippen LogP) is 1.79. The summed E-state index contributed by atoms with van der Waals surface area (Å²) in [5.41, 5.74) is -0.439. The number of benzene rings is 1. The smallest absolute Gasteiger partial charge is 0.192 e. The first-order chi connectivity index (χ1) is 6.61. The summed E-state index contributed by atoms with van der Waals surface area (Å²) in [6.07, 6.45) is -0.465. The van der Waals surface area contributed by atoms with Crippen LogP contribution in [-0.2, 0) is 0 Å². The van der Waals surface area contributed by atoms with Gasteiger partial charge in [-0.3, -0.25) is 4.79 Å². The molecule has 0 saturated heterocycles. The SMILES string of the molecule is [2H]c1oc2cccc([2H])c2c(=O)c1[2H]. The number of fused-ring (bicyclic) bond motifs is 1. The Bertz CT molecular complexity index is 560. The van der Waals surface area contributed by atoms with Gasteiger partial charge in [0.15, 0.2) is 5.43 Å². The van der Waals surface area contributed by atoms with E-state index in [-0.39, 0.29) is 17.0 Å². The van der Waals surface area contributed by atoms with Crippen molar-refractivity contribution >= 4 is 11.0 Å². The fraction of sp³-hybridized carbons (Fsp3) is 0. The first-order valence-corrected chi connectivity index (χ1v) is 3.11. The Hall–Kier alpha value is -1.57. The summed E-state index contributed by atoms with van der Waals surface area (Å²) in [7, 11) is 0. The standard InChI is InChI=1S/C9H6O2/c10-8-5-6-11-9-4-2-1-3-7(8)9/h1-6H/i3D,5D,6D. The van der Waals surface area contributed by atoms with Crippen LogP contribution in [0.25, 0.3) is 11.0 Å². The Morgan fingerprint density at radius 1 is 1.36 bits per heavy atom. The molecule has 1 aromatic carbocycles. The van der Waals surface area contributed by atoms with E-state index in [1.54, 1.807) is 6.07 Å². The Kier molecular flexibility index (Phi) is 0.755. The third-order valence-corrected chi connectivity index (χ3v) is 1.37. The maximum absolute atomic E-state index is 11.5. The number of rotatable bonds is 0. The highest BCUT2D eigenvalue weighted by Crippen LogP contribution is 2.06. The number of hydrogen-bond acceptors (Lipinski definition) is 2. The van der Waals surface area contributed by atoms with Crippen molar-refractivity contribution in [2.24, 2.45) is 0 Å². The monoisotopic (exact) mass is 149 g/mol. The van der Waals surface area contributed by atoms with Gasteiger partial charge in [-0.2, -0.15) is 0 Å². The molecule has 0 fully saturated rings. The molecule has 0 atom stereocenters. The zero-order valence-corrected chi connectivity index (χ0v) is 5.55. The summed E-state index contributed by atoms with van der Waals surface area (Å²) in [5.74, 6) is 0. The quantitative estimate of drug-likeness (QED) is 0.571. The van der Waals surface area contributed by atoms with Gasteiger partial charge in [-0.1, -0.05) is 12.1 Å². The average Bonchev–Trinajstić information content (AvgIpc) is 2.14. The van der Waals surface area contributed by atoms with E-state index in [2.05, 4.69) is 0 Å². The minimum absolute atomic E-state index is 0.0183. The summed E-state index contributed by atoms with van der Waals surface area (Å²) in [6, 6.07) is 4.03. The molecule has 2 aromatic rings. The molecule has 0 unspecified atom stereocenters. The van der Waals surface area contributed by atoms with E-state index >= 15 is 0 Å². The van der Waals surface area contributed by atoms with Crippen molar-refractivity contribution in [3.8, 4) is 0 Å². The molecule has 0 spiro atoms. The van der Waals surface area contributed by atoms with E-state index in [9.17, 15) is 4.79 Å². The molecule has 0 N–H and O–H groups in total. The van der Waals surface area contributed by atoms with Gasteiger partial charge in [-0.05, 0) is 12.1 Å². The van der Waals surface area contributed by atoms with Gasteiger partial charge < -0.3 is 4.42 Å². The van der Waals surface area contributed by atoms with Gasteiger partial charge >= 0.3 is 0 Å². The fourth-order valence-corrected chi connectivity index (χ4v) is 0.873. The highest BCUT2D eigenvalue weighted by molar-refractivity contribution is 5.75. The van der Waals surface area contributed by atoms with Crippen LogP contribution in [0.4, 0.5) is 0 Å². The van der Waals surface area contributed by atoms with Gasteiger partial charge in [0.1, 0.15) is 6.95 Å². The lowest BCUT2D eigenvalue weighted by atomic mass is 10.2. The van der Waals surface area contributed by atoms with Crippen molar-refractivity contribution in [3.05, 3.63) is 46.7 Å². The van der Waals surface area contributed by atoms with Gasteiger partial charge in [-0.25, -0.2) is 0 Å². The van der Waals surface area contributed by atoms with Crippen molar-refractivity contribution in [3.63, 3.8) is 0 Å². The minimum atomic E-state index is -0.623. The molecular weight excluding hydrogens is 140 g/mol. The van der Waals surface area contributed by atoms with Crippen LogP contribution in [0.5, 0.6) is 0 Å². The Morgan fingerprint density at radius 2 is 2.27 bits per heavy atom. The maximum atomic E-state index is 11.5. The minimum Gasteiger partial charge on any atom is -0.464 e. The molecule has 0 aliphatic carbocycles. The zero-order chi connectivity index (χ0) is 10.3. The Morgan fingerprint density at radius 3 is 3.18 bits per heavy atom. The van der Waals surface area contributed by atoms with E-state index in [4.69, 9.17) is 8.53 Å². The maximum Gasteiger partial charge on any atom is 0.192 e. The molecule has 1 heterocycles. The van der Waals surface area contributed by atoms with E-state index < -0.39 is 17.7 Å². The summed E-state index contributed by atoms with van der Waals surface area (Å²) >= 11 is 0. The lowest BCUT2D eigenvalue weighted by Gasteiger charge is -1.91. The average molecular weight is 149 g/mol. The fourth-order valence-electron chi connectivity index (χ4n) is 0.873. The van der Waals surface area contributed by atoms with E-state index in [1.807, 2.05) is 0 Å². The van der Waals surface area contributed by atoms with E-state index in [0.29, 0.717) is 0 Å². The van der Waals surface area contributed by atoms with Crippen molar-refractivity contribution in [1.82, 2.24) is 0 Å². The second-order valence-corrected chi connectivity index (χ2v) is 2.07. The molecule has 1 aromatic heterocycles. The lowest BCUT2D eigenvalue weighted by Crippen LogP contribution is -1.96. The van der Waals surface area contributed by atoms with Crippen LogP contribution >= 0.6 is 0 Å². The molecule has 0 aliphatic rings. The van der Waals surface area contributed by atoms with Gasteiger partial charge in [-0.15, -0.1) is 0 Å². The molecule has 2 rings (SSSR count). The first-order valence-electron chi connectivity index (χ1n) is 4.61. The van der Waals surface area contributed by atoms with Gasteiger partial charge in [0.05, 0.1) is 14.4 Å². The van der Waals surface area contributed by atoms with Crippen LogP contribution in [0.2, 0.25) is 0 Å². The molecule has 0 radical (unpaired) electrons. The highest BCUT2D eigenvalue weighted by Gasteiger charge is 1.95. The molecule has 0 amide bonds. The Labute approximate surface area is 67.3 Å². The van der Waals surface area contributed by atoms with Gasteiger partial charge in [0.25, 0.3) is 0 Å². The number of hydrogen-bond donors (Lipinski definition) is 0. The summed E-state index contributed by atoms with van der Waals surface area (Å²) in [5, 5.41) is 0.0634. The van der Waals surface area contributed by atoms with E-state index in [0.717, 1.165) is 0 Å². The van der Waals surface area contributed by atoms with Gasteiger partial charge in [0.2, 0.25) is 0 Å². The van der Waals surface area contributed by atoms with Crippen LogP contribution in [0, 0.1) is 0 Å². The molecule has 54 valence electrons. The molecule has 11 heavy (non-hydrogen) atoms. The van der Waals surface area contributed by atoms with Crippen molar-refractivity contribution in [2.45, 2.75) is 0 Å². The lowest BCUT2D eigenvalue weighted by molar-refractivity contribution is 0.602. The van der Waals surface area contributed by atoms with Crippen molar-refractivity contribution < 1.29 is 8.53 Å². The van der Waals surface area contributed by atoms with E-state index in [1.165, 1.54) is 12.1 Å². The summed E-state index contributed by atoms with van der Waals surface area (Å²) in [4.78, 5) is 11.5. The largest absolute Gasteiger partial charge is 0.464 e. The van der Waals surface area contributed by atoms with Crippen molar-refractivity contribution in [2.75, 3.05) is 0 Å². The molecule has 2 nitrogen and oxygen atoms in total. The van der Waals surface area contributed by atoms with Crippen LogP contribution in [0.1, 0.15) is 4.11 Å². The van der Waals surface area contributed by atoms with Crippen LogP contribution in [0.3, 0.4) is 0 Å². The van der Waals surface area contributed by atoms with Crippen LogP contribution in [0.15, 0.2) is 45.7 Å². The predicted molar refractivity (Wildman–Crippen MR) is 42.5 cm³/mol. The summed E-state index contributed by atoms with van der Waals surface area (Å²) < 4.78 is 26.8. The van der Waals surface area contributed by atoms with Crippen LogP contribution in [-0.4, -0.2) is 0 Å². The molecule has 0 aliphatic heterocycles. The van der Waals surface area contributed by atoms with Gasteiger partial charge in [0, 0.05) is 6.04 Å². The third-order valence-electron chi connectivity index (χ3n) is 1.37. The second kappa shape index (κ2) is 2.23. The molecule has 0 bridgehead atoms. The first kappa shape index (κ1) is 3.72. The zero-order valence-electron chi connectivity index (χ0n) is 8.55.